The van der Waals surface area contributed by atoms with Crippen LogP contribution in [0.5, 0.6) is 5.88 Å². The Kier molecular flexibility index (Phi) is 4.87. The molecule has 0 bridgehead atoms. The molecule has 1 saturated heterocycles. The summed E-state index contributed by atoms with van der Waals surface area (Å²) in [5.74, 6) is 2.49. The number of aromatic nitrogens is 3. The highest BCUT2D eigenvalue weighted by atomic mass is 32.1. The lowest BCUT2D eigenvalue weighted by atomic mass is 9.89. The van der Waals surface area contributed by atoms with Crippen molar-refractivity contribution >= 4 is 16.3 Å². The van der Waals surface area contributed by atoms with E-state index in [0.717, 1.165) is 18.0 Å². The van der Waals surface area contributed by atoms with Gasteiger partial charge in [0.05, 0.1) is 17.2 Å². The van der Waals surface area contributed by atoms with Crippen molar-refractivity contribution in [3.63, 3.8) is 0 Å². The number of hydrogen-bond donors (Lipinski definition) is 1. The monoisotopic (exact) mass is 422 g/mol. The van der Waals surface area contributed by atoms with Crippen LogP contribution in [0.4, 0.5) is 0 Å². The zero-order chi connectivity index (χ0) is 20.8. The van der Waals surface area contributed by atoms with E-state index < -0.39 is 0 Å². The van der Waals surface area contributed by atoms with Crippen molar-refractivity contribution in [3.05, 3.63) is 58.7 Å². The average molecular weight is 423 g/mol. The topological polar surface area (TPSA) is 66.8 Å². The van der Waals surface area contributed by atoms with Gasteiger partial charge in [-0.1, -0.05) is 55.0 Å². The molecule has 7 heteroatoms. The predicted octanol–water partition coefficient (Wildman–Crippen LogP) is 5.13. The van der Waals surface area contributed by atoms with Crippen LogP contribution in [0.3, 0.4) is 0 Å². The molecule has 30 heavy (non-hydrogen) atoms. The average Bonchev–Trinajstić information content (AvgIpc) is 3.42. The van der Waals surface area contributed by atoms with Gasteiger partial charge >= 0.3 is 0 Å². The second-order valence-corrected chi connectivity index (χ2v) is 9.62. The summed E-state index contributed by atoms with van der Waals surface area (Å²) < 4.78 is 6.95. The molecule has 3 aromatic heterocycles. The van der Waals surface area contributed by atoms with Gasteiger partial charge in [0.1, 0.15) is 0 Å². The quantitative estimate of drug-likeness (QED) is 0.494. The van der Waals surface area contributed by atoms with E-state index in [4.69, 9.17) is 4.42 Å². The highest BCUT2D eigenvalue weighted by Gasteiger charge is 2.33. The summed E-state index contributed by atoms with van der Waals surface area (Å²) >= 11 is 1.50. The number of thiazole rings is 1. The molecule has 0 saturated carbocycles. The van der Waals surface area contributed by atoms with Crippen molar-refractivity contribution in [1.82, 2.24) is 19.5 Å². The maximum atomic E-state index is 11.2. The molecule has 0 amide bonds. The first-order chi connectivity index (χ1) is 14.5. The first kappa shape index (κ1) is 19.3. The molecule has 1 N–H and O–H groups in total. The van der Waals surface area contributed by atoms with E-state index >= 15 is 0 Å². The van der Waals surface area contributed by atoms with Crippen molar-refractivity contribution in [2.45, 2.75) is 33.2 Å². The Morgan fingerprint density at radius 2 is 1.87 bits per heavy atom. The summed E-state index contributed by atoms with van der Waals surface area (Å²) in [5, 5.41) is 15.7. The van der Waals surface area contributed by atoms with Crippen LogP contribution in [-0.4, -0.2) is 37.7 Å². The number of piperidine rings is 1. The largest absolute Gasteiger partial charge is 0.492 e. The van der Waals surface area contributed by atoms with Crippen molar-refractivity contribution in [2.24, 2.45) is 11.8 Å². The van der Waals surface area contributed by atoms with E-state index in [2.05, 4.69) is 60.0 Å². The van der Waals surface area contributed by atoms with Gasteiger partial charge in [0.25, 0.3) is 0 Å². The molecule has 1 fully saturated rings. The highest BCUT2D eigenvalue weighted by Crippen LogP contribution is 2.42. The van der Waals surface area contributed by atoms with E-state index in [0.29, 0.717) is 28.4 Å². The van der Waals surface area contributed by atoms with Crippen LogP contribution in [0.2, 0.25) is 0 Å². The molecule has 156 valence electrons. The van der Waals surface area contributed by atoms with Crippen LogP contribution >= 0.6 is 11.3 Å². The molecule has 5 rings (SSSR count). The van der Waals surface area contributed by atoms with E-state index in [1.54, 1.807) is 6.26 Å². The summed E-state index contributed by atoms with van der Waals surface area (Å²) in [6, 6.07) is 12.2. The molecule has 3 atom stereocenters. The number of rotatable bonds is 4. The summed E-state index contributed by atoms with van der Waals surface area (Å²) in [6.07, 6.45) is 2.84. The van der Waals surface area contributed by atoms with Crippen molar-refractivity contribution in [2.75, 3.05) is 13.1 Å². The van der Waals surface area contributed by atoms with Gasteiger partial charge in [0.2, 0.25) is 16.7 Å². The van der Waals surface area contributed by atoms with Crippen LogP contribution in [0, 0.1) is 18.8 Å². The Morgan fingerprint density at radius 3 is 2.50 bits per heavy atom. The second kappa shape index (κ2) is 7.56. The predicted molar refractivity (Wildman–Crippen MR) is 118 cm³/mol. The van der Waals surface area contributed by atoms with Crippen molar-refractivity contribution in [1.29, 1.82) is 0 Å². The van der Waals surface area contributed by atoms with Gasteiger partial charge in [-0.3, -0.25) is 4.90 Å². The fraction of sp³-hybridized carbons (Fsp3) is 0.391. The fourth-order valence-corrected chi connectivity index (χ4v) is 5.75. The highest BCUT2D eigenvalue weighted by molar-refractivity contribution is 7.17. The lowest BCUT2D eigenvalue weighted by molar-refractivity contribution is 0.112. The number of hydrogen-bond acceptors (Lipinski definition) is 6. The lowest BCUT2D eigenvalue weighted by Gasteiger charge is -2.40. The molecule has 0 aliphatic carbocycles. The van der Waals surface area contributed by atoms with E-state index in [9.17, 15) is 5.11 Å². The third-order valence-electron chi connectivity index (χ3n) is 5.84. The minimum Gasteiger partial charge on any atom is -0.492 e. The number of benzene rings is 1. The Hall–Kier alpha value is -2.64. The van der Waals surface area contributed by atoms with Crippen LogP contribution in [0.15, 0.2) is 47.1 Å². The van der Waals surface area contributed by atoms with E-state index in [-0.39, 0.29) is 11.9 Å². The molecule has 0 radical (unpaired) electrons. The first-order valence-corrected chi connectivity index (χ1v) is 11.2. The molecular formula is C23H26N4O2S. The molecule has 0 unspecified atom stereocenters. The summed E-state index contributed by atoms with van der Waals surface area (Å²) in [4.78, 5) is 8.66. The Morgan fingerprint density at radius 1 is 1.13 bits per heavy atom. The molecule has 4 aromatic rings. The van der Waals surface area contributed by atoms with Gasteiger partial charge in [-0.15, -0.1) is 5.10 Å². The minimum absolute atomic E-state index is 0.0173. The van der Waals surface area contributed by atoms with Gasteiger partial charge in [0, 0.05) is 13.1 Å². The zero-order valence-corrected chi connectivity index (χ0v) is 18.3. The lowest BCUT2D eigenvalue weighted by Crippen LogP contribution is -2.41. The second-order valence-electron chi connectivity index (χ2n) is 8.61. The van der Waals surface area contributed by atoms with Crippen LogP contribution in [-0.2, 0) is 0 Å². The normalized spacial score (nSPS) is 21.3. The Balaban J connectivity index is 1.60. The first-order valence-electron chi connectivity index (χ1n) is 10.4. The van der Waals surface area contributed by atoms with Crippen LogP contribution in [0.25, 0.3) is 16.5 Å². The van der Waals surface area contributed by atoms with Crippen LogP contribution in [0.1, 0.15) is 42.3 Å². The van der Waals surface area contributed by atoms with Gasteiger partial charge in [-0.2, -0.15) is 9.50 Å². The van der Waals surface area contributed by atoms with E-state index in [1.807, 2.05) is 12.1 Å². The molecule has 1 aliphatic rings. The van der Waals surface area contributed by atoms with Crippen molar-refractivity contribution in [3.8, 4) is 17.5 Å². The summed E-state index contributed by atoms with van der Waals surface area (Å²) in [5.41, 5.74) is 2.42. The van der Waals surface area contributed by atoms with Gasteiger partial charge < -0.3 is 9.52 Å². The number of likely N-dealkylation sites (tertiary alicyclic amines) is 1. The van der Waals surface area contributed by atoms with Crippen LogP contribution < -0.4 is 0 Å². The third-order valence-corrected chi connectivity index (χ3v) is 6.92. The number of nitrogens with zero attached hydrogens (tertiary/aromatic N) is 4. The molecule has 1 aromatic carbocycles. The zero-order valence-electron chi connectivity index (χ0n) is 17.4. The van der Waals surface area contributed by atoms with Gasteiger partial charge in [0.15, 0.2) is 5.76 Å². The Labute approximate surface area is 179 Å². The number of aryl methyl sites for hydroxylation is 1. The molecule has 0 spiro atoms. The SMILES string of the molecule is Cc1ccc([C@H](c2sc3nc(-c4ccco4)nn3c2O)N2C[C@H](C)C[C@@H](C)C2)cc1. The maximum absolute atomic E-state index is 11.2. The van der Waals surface area contributed by atoms with Crippen molar-refractivity contribution < 1.29 is 9.52 Å². The molecule has 6 nitrogen and oxygen atoms in total. The molecular weight excluding hydrogens is 396 g/mol. The summed E-state index contributed by atoms with van der Waals surface area (Å²) in [7, 11) is 0. The minimum atomic E-state index is -0.0173. The number of furan rings is 1. The molecule has 1 aliphatic heterocycles. The number of fused-ring (bicyclic) bond motifs is 1. The maximum Gasteiger partial charge on any atom is 0.230 e. The fourth-order valence-electron chi connectivity index (χ4n) is 4.64. The third kappa shape index (κ3) is 3.42. The molecule has 4 heterocycles. The summed E-state index contributed by atoms with van der Waals surface area (Å²) in [6.45, 7) is 8.74. The Bertz CT molecular complexity index is 1140. The van der Waals surface area contributed by atoms with E-state index in [1.165, 1.54) is 33.4 Å². The smallest absolute Gasteiger partial charge is 0.230 e. The van der Waals surface area contributed by atoms with Gasteiger partial charge in [-0.05, 0) is 42.9 Å². The van der Waals surface area contributed by atoms with Gasteiger partial charge in [-0.25, -0.2) is 0 Å². The number of aromatic hydroxyl groups is 1. The standard InChI is InChI=1S/C23H26N4O2S/c1-14-6-8-17(9-7-14)19(26-12-15(2)11-16(3)13-26)20-22(28)27-23(30-20)24-21(25-27)18-5-4-10-29-18/h4-10,15-16,19,28H,11-13H2,1-3H3/t15-,16-,19-/m1/s1.